The number of nitrogens with zero attached hydrogens (tertiary/aromatic N) is 5. The van der Waals surface area contributed by atoms with Gasteiger partial charge in [-0.05, 0) is 114 Å². The van der Waals surface area contributed by atoms with E-state index >= 15 is 0 Å². The summed E-state index contributed by atoms with van der Waals surface area (Å²) in [4.78, 5) is 7.40. The van der Waals surface area contributed by atoms with E-state index in [1.54, 1.807) is 6.33 Å². The number of hydrogen-bond donors (Lipinski definition) is 0. The predicted molar refractivity (Wildman–Crippen MR) is 237 cm³/mol. The van der Waals surface area contributed by atoms with Crippen LogP contribution in [0, 0.1) is 13.8 Å². The summed E-state index contributed by atoms with van der Waals surface area (Å²) in [5.74, 6) is 1.59. The number of para-hydroxylation sites is 4. The van der Waals surface area contributed by atoms with Crippen LogP contribution in [0.2, 0.25) is 0 Å². The van der Waals surface area contributed by atoms with Gasteiger partial charge in [-0.3, -0.25) is 4.57 Å². The summed E-state index contributed by atoms with van der Waals surface area (Å²) in [5, 5.41) is 2.31. The number of fused-ring (bicyclic) bond motifs is 4. The zero-order valence-corrected chi connectivity index (χ0v) is 32.8. The molecule has 0 fully saturated rings. The van der Waals surface area contributed by atoms with Gasteiger partial charge in [0.15, 0.2) is 17.4 Å². The normalized spacial score (nSPS) is 12.8. The molecule has 5 heteroatoms. The second-order valence-corrected chi connectivity index (χ2v) is 15.5. The number of hydrogen-bond acceptors (Lipinski definition) is 2. The smallest absolute Gasteiger partial charge is 0.191 e. The van der Waals surface area contributed by atoms with Crippen molar-refractivity contribution in [3.63, 3.8) is 0 Å². The van der Waals surface area contributed by atoms with Gasteiger partial charge in [0, 0.05) is 58.0 Å². The Morgan fingerprint density at radius 3 is 1.98 bits per heavy atom. The van der Waals surface area contributed by atoms with Crippen molar-refractivity contribution in [3.05, 3.63) is 174 Å². The van der Waals surface area contributed by atoms with Crippen molar-refractivity contribution in [1.82, 2.24) is 18.7 Å². The first kappa shape index (κ1) is 31.8. The monoisotopic (exact) mass is 733 g/mol. The van der Waals surface area contributed by atoms with Crippen LogP contribution in [0.1, 0.15) is 65.9 Å². The summed E-state index contributed by atoms with van der Waals surface area (Å²) < 4.78 is 30.5. The molecule has 0 amide bonds. The molecular formula is C51H48N5+. The molecular weight excluding hydrogens is 683 g/mol. The van der Waals surface area contributed by atoms with Crippen molar-refractivity contribution in [2.75, 3.05) is 4.90 Å². The Kier molecular flexibility index (Phi) is 7.96. The third kappa shape index (κ3) is 5.86. The molecule has 3 aromatic heterocycles. The molecule has 0 aliphatic carbocycles. The molecule has 0 atom stereocenters. The Morgan fingerprint density at radius 1 is 0.607 bits per heavy atom. The number of benzene rings is 6. The summed E-state index contributed by atoms with van der Waals surface area (Å²) in [7, 11) is 0. The maximum absolute atomic E-state index is 8.27. The molecule has 6 aromatic carbocycles. The molecule has 56 heavy (non-hydrogen) atoms. The van der Waals surface area contributed by atoms with Crippen molar-refractivity contribution in [3.8, 4) is 22.6 Å². The fraction of sp³-hybridized carbons (Fsp3) is 0.176. The summed E-state index contributed by atoms with van der Waals surface area (Å²) >= 11 is 0. The number of pyridine rings is 1. The molecule has 0 aliphatic heterocycles. The first-order valence-electron chi connectivity index (χ1n) is 21.0. The number of aryl methyl sites for hydroxylation is 3. The third-order valence-corrected chi connectivity index (χ3v) is 11.2. The van der Waals surface area contributed by atoms with Gasteiger partial charge < -0.3 is 4.90 Å². The largest absolute Gasteiger partial charge is 0.309 e. The molecule has 9 aromatic rings. The molecule has 5 nitrogen and oxygen atoms in total. The fourth-order valence-electron chi connectivity index (χ4n) is 8.59. The lowest BCUT2D eigenvalue weighted by atomic mass is 9.85. The first-order chi connectivity index (χ1) is 28.4. The van der Waals surface area contributed by atoms with Crippen LogP contribution in [0.5, 0.6) is 0 Å². The van der Waals surface area contributed by atoms with Crippen LogP contribution < -0.4 is 4.90 Å². The Labute approximate surface area is 334 Å². The third-order valence-electron chi connectivity index (χ3n) is 11.2. The molecule has 3 heterocycles. The first-order valence-corrected chi connectivity index (χ1v) is 19.5. The molecule has 0 saturated heterocycles. The molecule has 0 aliphatic rings. The minimum absolute atomic E-state index is 0.365. The van der Waals surface area contributed by atoms with Crippen LogP contribution in [0.25, 0.3) is 55.5 Å². The highest BCUT2D eigenvalue weighted by atomic mass is 15.2. The second-order valence-electron chi connectivity index (χ2n) is 15.5. The highest BCUT2D eigenvalue weighted by molar-refractivity contribution is 6.10. The Balaban J connectivity index is 1.27. The molecule has 0 radical (unpaired) electrons. The Bertz CT molecular complexity index is 2990. The van der Waals surface area contributed by atoms with Crippen molar-refractivity contribution in [1.29, 1.82) is 0 Å². The number of imidazole rings is 1. The van der Waals surface area contributed by atoms with Crippen LogP contribution in [-0.2, 0) is 6.98 Å². The standard InChI is InChI=1S/C51H48N5/c1-33(2)41-20-14-21-42(34(3)4)50(41)37-27-28-52-49(29-37)56-45-22-9-8-19-43(45)44-26-25-40(31-48(44)56)55(51-35(5)15-12-16-36(51)6)39-18-13-17-38(30-39)54-32-53(7)46-23-10-11-24-47(46)54/h8-34H,1-7H3/q+1/i7D3. The highest BCUT2D eigenvalue weighted by Gasteiger charge is 2.23. The summed E-state index contributed by atoms with van der Waals surface area (Å²) in [5.41, 5.74) is 14.9. The lowest BCUT2D eigenvalue weighted by Crippen LogP contribution is -2.13. The van der Waals surface area contributed by atoms with Gasteiger partial charge in [0.05, 0.1) is 22.4 Å². The minimum Gasteiger partial charge on any atom is -0.309 e. The SMILES string of the molecule is [2H]C([2H])([2H])n1[cH+]n(-c2cccc(N(c3ccc4c5ccccc5n(-c5cc(-c6c(C(C)C)cccc6C(C)C)ccn5)c4c3)c3c(C)cccc3C)c2)c2ccccc21. The van der Waals surface area contributed by atoms with E-state index in [1.807, 2.05) is 47.2 Å². The molecule has 9 rings (SSSR count). The van der Waals surface area contributed by atoms with Crippen molar-refractivity contribution < 1.29 is 4.11 Å². The van der Waals surface area contributed by atoms with Gasteiger partial charge in [-0.1, -0.05) is 88.4 Å². The maximum atomic E-state index is 8.27. The van der Waals surface area contributed by atoms with Gasteiger partial charge in [0.1, 0.15) is 11.5 Å². The van der Waals surface area contributed by atoms with E-state index in [2.05, 4.69) is 154 Å². The van der Waals surface area contributed by atoms with E-state index in [9.17, 15) is 0 Å². The molecule has 0 unspecified atom stereocenters. The van der Waals surface area contributed by atoms with Gasteiger partial charge >= 0.3 is 0 Å². The van der Waals surface area contributed by atoms with Crippen LogP contribution in [0.15, 0.2) is 152 Å². The molecule has 0 spiro atoms. The van der Waals surface area contributed by atoms with Crippen molar-refractivity contribution in [2.24, 2.45) is 6.98 Å². The van der Waals surface area contributed by atoms with Gasteiger partial charge in [-0.25, -0.2) is 9.55 Å². The number of rotatable bonds is 8. The lowest BCUT2D eigenvalue weighted by Gasteiger charge is -2.29. The average molecular weight is 734 g/mol. The van der Waals surface area contributed by atoms with Gasteiger partial charge in [0.2, 0.25) is 0 Å². The Morgan fingerprint density at radius 2 is 1.25 bits per heavy atom. The van der Waals surface area contributed by atoms with E-state index < -0.39 is 6.98 Å². The average Bonchev–Trinajstić information content (AvgIpc) is 3.79. The second kappa shape index (κ2) is 14.0. The van der Waals surface area contributed by atoms with Gasteiger partial charge in [-0.2, -0.15) is 4.57 Å². The highest BCUT2D eigenvalue weighted by Crippen LogP contribution is 2.43. The van der Waals surface area contributed by atoms with E-state index in [1.165, 1.54) is 21.3 Å². The van der Waals surface area contributed by atoms with E-state index in [4.69, 9.17) is 9.10 Å². The predicted octanol–water partition coefficient (Wildman–Crippen LogP) is 13.7. The fourth-order valence-corrected chi connectivity index (χ4v) is 8.59. The van der Waals surface area contributed by atoms with E-state index in [-0.39, 0.29) is 0 Å². The summed E-state index contributed by atoms with van der Waals surface area (Å²) in [6.45, 7) is 11.1. The molecule has 276 valence electrons. The van der Waals surface area contributed by atoms with Gasteiger partial charge in [-0.15, -0.1) is 0 Å². The zero-order valence-electron chi connectivity index (χ0n) is 35.8. The van der Waals surface area contributed by atoms with E-state index in [0.717, 1.165) is 72.6 Å². The number of aromatic nitrogens is 4. The van der Waals surface area contributed by atoms with Crippen LogP contribution >= 0.6 is 0 Å². The number of anilines is 3. The van der Waals surface area contributed by atoms with Crippen molar-refractivity contribution >= 4 is 49.9 Å². The van der Waals surface area contributed by atoms with Crippen LogP contribution in [0.3, 0.4) is 0 Å². The lowest BCUT2D eigenvalue weighted by molar-refractivity contribution is 0.838. The molecule has 0 bridgehead atoms. The maximum Gasteiger partial charge on any atom is 0.191 e. The Hall–Kier alpha value is -6.46. The van der Waals surface area contributed by atoms with E-state index in [0.29, 0.717) is 17.4 Å². The van der Waals surface area contributed by atoms with Crippen LogP contribution in [0.4, 0.5) is 17.1 Å². The minimum atomic E-state index is -2.33. The van der Waals surface area contributed by atoms with Crippen LogP contribution in [-0.4, -0.2) is 18.7 Å². The quantitative estimate of drug-likeness (QED) is 0.146. The molecule has 0 saturated carbocycles. The van der Waals surface area contributed by atoms with Gasteiger partial charge in [0.25, 0.3) is 0 Å². The van der Waals surface area contributed by atoms with Crippen molar-refractivity contribution in [2.45, 2.75) is 53.4 Å². The summed E-state index contributed by atoms with van der Waals surface area (Å²) in [6.07, 6.45) is 3.64. The topological polar surface area (TPSA) is 30.9 Å². The zero-order chi connectivity index (χ0) is 41.2. The summed E-state index contributed by atoms with van der Waals surface area (Å²) in [6, 6.07) is 48.9. The molecule has 0 N–H and O–H groups in total.